The van der Waals surface area contributed by atoms with Crippen molar-refractivity contribution in [1.82, 2.24) is 15.3 Å². The van der Waals surface area contributed by atoms with Crippen LogP contribution in [0.1, 0.15) is 10.4 Å². The number of hydrogen-bond donors (Lipinski definition) is 2. The van der Waals surface area contributed by atoms with Crippen LogP contribution in [0.3, 0.4) is 0 Å². The van der Waals surface area contributed by atoms with E-state index in [9.17, 15) is 14.3 Å². The molecule has 2 aromatic carbocycles. The molecule has 4 aromatic rings. The average Bonchev–Trinajstić information content (AvgIpc) is 3.37. The lowest BCUT2D eigenvalue weighted by atomic mass is 10.1. The number of hydrogen-bond acceptors (Lipinski definition) is 6. The number of nitrogens with zero attached hydrogens (tertiary/aromatic N) is 3. The molecular weight excluding hydrogens is 399 g/mol. The molecule has 5 rings (SSSR count). The van der Waals surface area contributed by atoms with Crippen LogP contribution in [0.2, 0.25) is 0 Å². The molecule has 2 aromatic heterocycles. The highest BCUT2D eigenvalue weighted by Gasteiger charge is 2.35. The summed E-state index contributed by atoms with van der Waals surface area (Å²) in [6.07, 6.45) is 0.675. The Bertz CT molecular complexity index is 1210. The number of benzene rings is 2. The van der Waals surface area contributed by atoms with E-state index in [1.165, 1.54) is 18.3 Å². The predicted octanol–water partition coefficient (Wildman–Crippen LogP) is 3.01. The Kier molecular flexibility index (Phi) is 4.83. The Balaban J connectivity index is 1.26. The van der Waals surface area contributed by atoms with E-state index in [1.807, 2.05) is 24.3 Å². The number of aromatic nitrogens is 2. The number of aliphatic hydroxyl groups is 1. The molecule has 0 bridgehead atoms. The van der Waals surface area contributed by atoms with Gasteiger partial charge in [-0.2, -0.15) is 4.98 Å². The van der Waals surface area contributed by atoms with Crippen LogP contribution in [-0.4, -0.2) is 46.2 Å². The summed E-state index contributed by atoms with van der Waals surface area (Å²) < 4.78 is 19.2. The second-order valence-corrected chi connectivity index (χ2v) is 7.46. The number of rotatable bonds is 4. The van der Waals surface area contributed by atoms with Crippen LogP contribution in [-0.2, 0) is 0 Å². The molecule has 0 unspecified atom stereocenters. The highest BCUT2D eigenvalue weighted by Crippen LogP contribution is 2.25. The molecule has 7 nitrogen and oxygen atoms in total. The zero-order valence-corrected chi connectivity index (χ0v) is 16.4. The number of fused-ring (bicyclic) bond motifs is 1. The van der Waals surface area contributed by atoms with Crippen LogP contribution in [0.4, 0.5) is 10.4 Å². The van der Waals surface area contributed by atoms with Crippen molar-refractivity contribution in [3.63, 3.8) is 0 Å². The van der Waals surface area contributed by atoms with Crippen LogP contribution in [0.5, 0.6) is 0 Å². The number of oxazole rings is 1. The normalized spacial score (nSPS) is 18.5. The molecular formula is C23H19FN4O3. The maximum absolute atomic E-state index is 13.4. The zero-order valence-electron chi connectivity index (χ0n) is 16.4. The van der Waals surface area contributed by atoms with Crippen molar-refractivity contribution >= 4 is 23.0 Å². The third-order valence-corrected chi connectivity index (χ3v) is 5.30. The van der Waals surface area contributed by atoms with Gasteiger partial charge in [0.25, 0.3) is 11.9 Å². The van der Waals surface area contributed by atoms with Crippen molar-refractivity contribution in [1.29, 1.82) is 0 Å². The average molecular weight is 418 g/mol. The van der Waals surface area contributed by atoms with Gasteiger partial charge >= 0.3 is 0 Å². The Labute approximate surface area is 177 Å². The molecule has 1 aliphatic heterocycles. The Morgan fingerprint density at radius 1 is 1.13 bits per heavy atom. The van der Waals surface area contributed by atoms with Gasteiger partial charge in [0.2, 0.25) is 0 Å². The quantitative estimate of drug-likeness (QED) is 0.529. The Morgan fingerprint density at radius 3 is 2.77 bits per heavy atom. The molecule has 0 spiro atoms. The lowest BCUT2D eigenvalue weighted by Crippen LogP contribution is -2.42. The van der Waals surface area contributed by atoms with Crippen molar-refractivity contribution in [2.45, 2.75) is 12.1 Å². The number of amides is 1. The monoisotopic (exact) mass is 418 g/mol. The van der Waals surface area contributed by atoms with E-state index in [4.69, 9.17) is 4.42 Å². The number of carbonyl (C=O) groups excluding carboxylic acids is 1. The van der Waals surface area contributed by atoms with Crippen molar-refractivity contribution in [2.24, 2.45) is 0 Å². The largest absolute Gasteiger partial charge is 0.423 e. The van der Waals surface area contributed by atoms with Gasteiger partial charge in [0, 0.05) is 18.3 Å². The van der Waals surface area contributed by atoms with Crippen LogP contribution in [0.15, 0.2) is 71.3 Å². The highest BCUT2D eigenvalue weighted by molar-refractivity contribution is 5.94. The number of pyridine rings is 1. The Morgan fingerprint density at radius 2 is 2.00 bits per heavy atom. The van der Waals surface area contributed by atoms with Crippen molar-refractivity contribution in [3.8, 4) is 11.3 Å². The molecule has 1 aliphatic rings. The van der Waals surface area contributed by atoms with Gasteiger partial charge in [-0.15, -0.1) is 0 Å². The first-order valence-electron chi connectivity index (χ1n) is 9.88. The number of anilines is 1. The van der Waals surface area contributed by atoms with Gasteiger partial charge in [0.1, 0.15) is 11.3 Å². The summed E-state index contributed by atoms with van der Waals surface area (Å²) in [4.78, 5) is 23.2. The molecule has 0 saturated carbocycles. The Hall–Kier alpha value is -3.78. The summed E-state index contributed by atoms with van der Waals surface area (Å²) >= 11 is 0. The van der Waals surface area contributed by atoms with E-state index in [-0.39, 0.29) is 11.7 Å². The lowest BCUT2D eigenvalue weighted by molar-refractivity contribution is 0.0888. The van der Waals surface area contributed by atoms with Gasteiger partial charge in [-0.05, 0) is 36.4 Å². The summed E-state index contributed by atoms with van der Waals surface area (Å²) in [5.74, 6) is -0.693. The zero-order chi connectivity index (χ0) is 21.4. The smallest absolute Gasteiger partial charge is 0.298 e. The third kappa shape index (κ3) is 3.85. The van der Waals surface area contributed by atoms with Crippen molar-refractivity contribution in [3.05, 3.63) is 78.2 Å². The number of β-amino-alcohol motifs (C(OH)–C–C–N with tert-alkyl or cyclic N) is 1. The standard InChI is InChI=1S/C23H19FN4O3/c24-16-5-3-4-14(10-16)17-9-8-15(11-25-17)22(30)26-19-12-28(13-20(19)29)23-27-18-6-1-2-7-21(18)31-23/h1-11,19-20,29H,12-13H2,(H,26,30)/t19-,20-/m0/s1. The summed E-state index contributed by atoms with van der Waals surface area (Å²) in [6, 6.07) is 16.8. The van der Waals surface area contributed by atoms with Crippen molar-refractivity contribution in [2.75, 3.05) is 18.0 Å². The topological polar surface area (TPSA) is 91.5 Å². The summed E-state index contributed by atoms with van der Waals surface area (Å²) in [5.41, 5.74) is 2.96. The van der Waals surface area contributed by atoms with Gasteiger partial charge < -0.3 is 19.7 Å². The second kappa shape index (κ2) is 7.81. The lowest BCUT2D eigenvalue weighted by Gasteiger charge is -2.15. The van der Waals surface area contributed by atoms with Crippen molar-refractivity contribution < 1.29 is 18.7 Å². The van der Waals surface area contributed by atoms with Crippen LogP contribution in [0, 0.1) is 5.82 Å². The van der Waals surface area contributed by atoms with E-state index in [2.05, 4.69) is 15.3 Å². The number of aliphatic hydroxyl groups excluding tert-OH is 1. The van der Waals surface area contributed by atoms with Gasteiger partial charge in [0.15, 0.2) is 5.58 Å². The van der Waals surface area contributed by atoms with E-state index < -0.39 is 12.1 Å². The molecule has 156 valence electrons. The molecule has 8 heteroatoms. The summed E-state index contributed by atoms with van der Waals surface area (Å²) in [5, 5.41) is 13.3. The number of carbonyl (C=O) groups is 1. The minimum atomic E-state index is -0.765. The van der Waals surface area contributed by atoms with Gasteiger partial charge in [-0.1, -0.05) is 24.3 Å². The minimum Gasteiger partial charge on any atom is -0.423 e. The summed E-state index contributed by atoms with van der Waals surface area (Å²) in [7, 11) is 0. The molecule has 0 aliphatic carbocycles. The maximum atomic E-state index is 13.4. The first-order valence-corrected chi connectivity index (χ1v) is 9.88. The fourth-order valence-corrected chi connectivity index (χ4v) is 3.68. The summed E-state index contributed by atoms with van der Waals surface area (Å²) in [6.45, 7) is 0.670. The fourth-order valence-electron chi connectivity index (χ4n) is 3.68. The molecule has 3 heterocycles. The number of para-hydroxylation sites is 2. The highest BCUT2D eigenvalue weighted by atomic mass is 19.1. The molecule has 1 fully saturated rings. The van der Waals surface area contributed by atoms with Crippen LogP contribution in [0.25, 0.3) is 22.4 Å². The van der Waals surface area contributed by atoms with E-state index in [0.29, 0.717) is 41.5 Å². The minimum absolute atomic E-state index is 0.300. The molecule has 0 radical (unpaired) electrons. The van der Waals surface area contributed by atoms with Gasteiger partial charge in [-0.25, -0.2) is 4.39 Å². The van der Waals surface area contributed by atoms with Gasteiger partial charge in [-0.3, -0.25) is 9.78 Å². The molecule has 2 atom stereocenters. The van der Waals surface area contributed by atoms with E-state index in [0.717, 1.165) is 5.52 Å². The predicted molar refractivity (Wildman–Crippen MR) is 113 cm³/mol. The van der Waals surface area contributed by atoms with E-state index in [1.54, 1.807) is 29.2 Å². The molecule has 2 N–H and O–H groups in total. The number of nitrogens with one attached hydrogen (secondary N) is 1. The first-order chi connectivity index (χ1) is 15.1. The molecule has 1 amide bonds. The van der Waals surface area contributed by atoms with Crippen LogP contribution >= 0.6 is 0 Å². The second-order valence-electron chi connectivity index (χ2n) is 7.46. The fraction of sp³-hybridized carbons (Fsp3) is 0.174. The van der Waals surface area contributed by atoms with E-state index >= 15 is 0 Å². The third-order valence-electron chi connectivity index (χ3n) is 5.30. The van der Waals surface area contributed by atoms with Crippen LogP contribution < -0.4 is 10.2 Å². The van der Waals surface area contributed by atoms with Gasteiger partial charge in [0.05, 0.1) is 29.9 Å². The molecule has 1 saturated heterocycles. The number of halogens is 1. The first kappa shape index (κ1) is 19.2. The maximum Gasteiger partial charge on any atom is 0.298 e. The SMILES string of the molecule is O=C(N[C@H]1CN(c2nc3ccccc3o2)C[C@@H]1O)c1ccc(-c2cccc(F)c2)nc1. The molecule has 31 heavy (non-hydrogen) atoms.